The largest absolute Gasteiger partial charge is 0.465 e. The zero-order valence-electron chi connectivity index (χ0n) is 8.16. The number of rotatable bonds is 1. The predicted octanol–water partition coefficient (Wildman–Crippen LogP) is 1.58. The number of halogens is 1. The zero-order chi connectivity index (χ0) is 11.7. The average Bonchev–Trinajstić information content (AvgIpc) is 2.20. The summed E-state index contributed by atoms with van der Waals surface area (Å²) in [6.45, 7) is 0. The van der Waals surface area contributed by atoms with Crippen LogP contribution in [0.5, 0.6) is 0 Å². The van der Waals surface area contributed by atoms with Crippen LogP contribution in [0.1, 0.15) is 5.56 Å². The monoisotopic (exact) mass is 284 g/mol. The van der Waals surface area contributed by atoms with Gasteiger partial charge in [0.2, 0.25) is 5.91 Å². The van der Waals surface area contributed by atoms with E-state index in [0.717, 1.165) is 15.7 Å². The van der Waals surface area contributed by atoms with Crippen molar-refractivity contribution in [2.75, 3.05) is 5.32 Å². The van der Waals surface area contributed by atoms with Gasteiger partial charge in [0.05, 0.1) is 0 Å². The lowest BCUT2D eigenvalue weighted by Crippen LogP contribution is -2.47. The summed E-state index contributed by atoms with van der Waals surface area (Å²) in [5.74, 6) is -0.326. The highest BCUT2D eigenvalue weighted by molar-refractivity contribution is 9.10. The summed E-state index contributed by atoms with van der Waals surface area (Å²) in [5, 5.41) is 13.4. The molecular formula is C10H9BrN2O3. The Morgan fingerprint density at radius 3 is 3.00 bits per heavy atom. The first-order valence-corrected chi connectivity index (χ1v) is 5.45. The summed E-state index contributed by atoms with van der Waals surface area (Å²) in [6, 6.07) is 4.72. The number of anilines is 1. The van der Waals surface area contributed by atoms with E-state index >= 15 is 0 Å². The van der Waals surface area contributed by atoms with Crippen LogP contribution < -0.4 is 10.6 Å². The highest BCUT2D eigenvalue weighted by Gasteiger charge is 2.28. The molecule has 6 heteroatoms. The number of fused-ring (bicyclic) bond motifs is 1. The SMILES string of the molecule is O=C(O)NC1Cc2c(Br)cccc2NC1=O. The van der Waals surface area contributed by atoms with Gasteiger partial charge in [-0.2, -0.15) is 0 Å². The molecule has 1 unspecified atom stereocenters. The number of hydrogen-bond acceptors (Lipinski definition) is 2. The van der Waals surface area contributed by atoms with E-state index in [4.69, 9.17) is 5.11 Å². The van der Waals surface area contributed by atoms with Crippen LogP contribution in [0.3, 0.4) is 0 Å². The Kier molecular flexibility index (Phi) is 2.82. The van der Waals surface area contributed by atoms with E-state index in [2.05, 4.69) is 26.6 Å². The van der Waals surface area contributed by atoms with Crippen LogP contribution in [0.25, 0.3) is 0 Å². The Balaban J connectivity index is 2.30. The fourth-order valence-corrected chi connectivity index (χ4v) is 2.19. The quantitative estimate of drug-likeness (QED) is 0.733. The third-order valence-corrected chi connectivity index (χ3v) is 3.14. The van der Waals surface area contributed by atoms with Crippen molar-refractivity contribution < 1.29 is 14.7 Å². The second-order valence-electron chi connectivity index (χ2n) is 3.46. The molecule has 1 aliphatic rings. The number of carbonyl (C=O) groups is 2. The van der Waals surface area contributed by atoms with Crippen LogP contribution in [-0.4, -0.2) is 23.1 Å². The van der Waals surface area contributed by atoms with Crippen molar-refractivity contribution >= 4 is 33.6 Å². The van der Waals surface area contributed by atoms with Crippen LogP contribution in [0, 0.1) is 0 Å². The van der Waals surface area contributed by atoms with Crippen molar-refractivity contribution in [2.45, 2.75) is 12.5 Å². The minimum absolute atomic E-state index is 0.326. The number of hydrogen-bond donors (Lipinski definition) is 3. The molecule has 1 aromatic carbocycles. The van der Waals surface area contributed by atoms with Crippen molar-refractivity contribution in [1.82, 2.24) is 5.32 Å². The molecule has 2 rings (SSSR count). The van der Waals surface area contributed by atoms with Crippen LogP contribution >= 0.6 is 15.9 Å². The van der Waals surface area contributed by atoms with Gasteiger partial charge in [-0.05, 0) is 17.7 Å². The molecule has 0 aromatic heterocycles. The zero-order valence-corrected chi connectivity index (χ0v) is 9.74. The van der Waals surface area contributed by atoms with Gasteiger partial charge in [0, 0.05) is 16.6 Å². The lowest BCUT2D eigenvalue weighted by Gasteiger charge is -2.25. The molecule has 84 valence electrons. The van der Waals surface area contributed by atoms with E-state index in [-0.39, 0.29) is 5.91 Å². The van der Waals surface area contributed by atoms with Crippen molar-refractivity contribution in [2.24, 2.45) is 0 Å². The standard InChI is InChI=1S/C10H9BrN2O3/c11-6-2-1-3-7-5(6)4-8(9(14)12-7)13-10(15)16/h1-3,8,13H,4H2,(H,12,14)(H,15,16). The number of benzene rings is 1. The molecule has 3 N–H and O–H groups in total. The maximum absolute atomic E-state index is 11.6. The lowest BCUT2D eigenvalue weighted by atomic mass is 9.99. The third kappa shape index (κ3) is 2.01. The Labute approximate surface area is 100.0 Å². The number of nitrogens with one attached hydrogen (secondary N) is 2. The summed E-state index contributed by atoms with van der Waals surface area (Å²) < 4.78 is 0.863. The first-order valence-electron chi connectivity index (χ1n) is 4.65. The average molecular weight is 285 g/mol. The van der Waals surface area contributed by atoms with E-state index in [1.807, 2.05) is 12.1 Å². The van der Waals surface area contributed by atoms with Gasteiger partial charge < -0.3 is 15.7 Å². The second-order valence-corrected chi connectivity index (χ2v) is 4.32. The number of carboxylic acid groups (broad SMARTS) is 1. The fourth-order valence-electron chi connectivity index (χ4n) is 1.67. The Hall–Kier alpha value is -1.56. The fraction of sp³-hybridized carbons (Fsp3) is 0.200. The Bertz CT molecular complexity index is 461. The summed E-state index contributed by atoms with van der Waals surface area (Å²) in [5.41, 5.74) is 1.63. The number of amides is 2. The summed E-state index contributed by atoms with van der Waals surface area (Å²) in [7, 11) is 0. The minimum atomic E-state index is -1.20. The van der Waals surface area contributed by atoms with Crippen molar-refractivity contribution in [1.29, 1.82) is 0 Å². The third-order valence-electron chi connectivity index (χ3n) is 2.40. The summed E-state index contributed by atoms with van der Waals surface area (Å²) in [4.78, 5) is 22.1. The first kappa shape index (κ1) is 10.9. The summed E-state index contributed by atoms with van der Waals surface area (Å²) >= 11 is 3.37. The van der Waals surface area contributed by atoms with Crippen molar-refractivity contribution in [3.05, 3.63) is 28.2 Å². The van der Waals surface area contributed by atoms with Gasteiger partial charge in [0.25, 0.3) is 0 Å². The van der Waals surface area contributed by atoms with Crippen molar-refractivity contribution in [3.63, 3.8) is 0 Å². The molecule has 0 saturated heterocycles. The highest BCUT2D eigenvalue weighted by Crippen LogP contribution is 2.29. The highest BCUT2D eigenvalue weighted by atomic mass is 79.9. The molecule has 2 amide bonds. The molecule has 0 fully saturated rings. The minimum Gasteiger partial charge on any atom is -0.465 e. The topological polar surface area (TPSA) is 78.4 Å². The van der Waals surface area contributed by atoms with E-state index in [1.54, 1.807) is 6.07 Å². The van der Waals surface area contributed by atoms with Gasteiger partial charge in [-0.15, -0.1) is 0 Å². The van der Waals surface area contributed by atoms with Crippen LogP contribution in [0.2, 0.25) is 0 Å². The maximum Gasteiger partial charge on any atom is 0.405 e. The van der Waals surface area contributed by atoms with E-state index in [0.29, 0.717) is 6.42 Å². The van der Waals surface area contributed by atoms with Gasteiger partial charge in [-0.25, -0.2) is 4.79 Å². The summed E-state index contributed by atoms with van der Waals surface area (Å²) in [6.07, 6.45) is -0.842. The number of carbonyl (C=O) groups excluding carboxylic acids is 1. The molecule has 0 radical (unpaired) electrons. The van der Waals surface area contributed by atoms with Crippen molar-refractivity contribution in [3.8, 4) is 0 Å². The van der Waals surface area contributed by atoms with Gasteiger partial charge in [-0.3, -0.25) is 4.79 Å². The molecule has 1 heterocycles. The normalized spacial score (nSPS) is 18.6. The molecule has 16 heavy (non-hydrogen) atoms. The van der Waals surface area contributed by atoms with Gasteiger partial charge >= 0.3 is 6.09 Å². The molecule has 0 spiro atoms. The molecule has 1 aliphatic heterocycles. The van der Waals surface area contributed by atoms with Gasteiger partial charge in [0.15, 0.2) is 0 Å². The molecule has 1 aromatic rings. The molecule has 0 saturated carbocycles. The van der Waals surface area contributed by atoms with Gasteiger partial charge in [0.1, 0.15) is 6.04 Å². The van der Waals surface area contributed by atoms with E-state index in [1.165, 1.54) is 0 Å². The predicted molar refractivity (Wildman–Crippen MR) is 61.4 cm³/mol. The molecular weight excluding hydrogens is 276 g/mol. The Morgan fingerprint density at radius 1 is 1.56 bits per heavy atom. The van der Waals surface area contributed by atoms with Crippen LogP contribution in [0.15, 0.2) is 22.7 Å². The van der Waals surface area contributed by atoms with E-state index < -0.39 is 12.1 Å². The first-order chi connectivity index (χ1) is 7.58. The molecule has 0 aliphatic carbocycles. The molecule has 1 atom stereocenters. The van der Waals surface area contributed by atoms with Crippen LogP contribution in [0.4, 0.5) is 10.5 Å². The van der Waals surface area contributed by atoms with Crippen LogP contribution in [-0.2, 0) is 11.2 Å². The molecule has 5 nitrogen and oxygen atoms in total. The molecule has 0 bridgehead atoms. The maximum atomic E-state index is 11.6. The smallest absolute Gasteiger partial charge is 0.405 e. The second kappa shape index (κ2) is 4.13. The Morgan fingerprint density at radius 2 is 2.31 bits per heavy atom. The lowest BCUT2D eigenvalue weighted by molar-refractivity contribution is -0.118. The van der Waals surface area contributed by atoms with Gasteiger partial charge in [-0.1, -0.05) is 22.0 Å². The van der Waals surface area contributed by atoms with E-state index in [9.17, 15) is 9.59 Å².